The Balaban J connectivity index is 2.46. The molecule has 0 fully saturated rings. The number of amides is 3. The SMILES string of the molecule is COCCn1c(SC(C)C(=O)NC(N)=O)nc2cc(Cl)ccc2c1=O. The topological polar surface area (TPSA) is 116 Å². The van der Waals surface area contributed by atoms with Gasteiger partial charge in [0.25, 0.3) is 5.56 Å². The molecule has 10 heteroatoms. The first kappa shape index (κ1) is 19.2. The van der Waals surface area contributed by atoms with Crippen LogP contribution in [-0.2, 0) is 16.1 Å². The molecule has 0 aliphatic carbocycles. The second-order valence-corrected chi connectivity index (χ2v) is 6.86. The van der Waals surface area contributed by atoms with Crippen molar-refractivity contribution < 1.29 is 14.3 Å². The summed E-state index contributed by atoms with van der Waals surface area (Å²) < 4.78 is 6.46. The molecule has 1 aromatic carbocycles. The molecule has 1 heterocycles. The predicted octanol–water partition coefficient (Wildman–Crippen LogP) is 1.37. The Hall–Kier alpha value is -2.10. The summed E-state index contributed by atoms with van der Waals surface area (Å²) in [7, 11) is 1.52. The highest BCUT2D eigenvalue weighted by Crippen LogP contribution is 2.24. The maximum Gasteiger partial charge on any atom is 0.318 e. The lowest BCUT2D eigenvalue weighted by Crippen LogP contribution is -2.39. The molecule has 0 radical (unpaired) electrons. The van der Waals surface area contributed by atoms with Gasteiger partial charge in [-0.2, -0.15) is 0 Å². The number of hydrogen-bond acceptors (Lipinski definition) is 6. The van der Waals surface area contributed by atoms with Crippen LogP contribution in [0.4, 0.5) is 4.79 Å². The summed E-state index contributed by atoms with van der Waals surface area (Å²) in [5.74, 6) is -0.573. The van der Waals surface area contributed by atoms with E-state index in [4.69, 9.17) is 22.1 Å². The number of ether oxygens (including phenoxy) is 1. The fourth-order valence-corrected chi connectivity index (χ4v) is 3.18. The highest BCUT2D eigenvalue weighted by molar-refractivity contribution is 8.00. The van der Waals surface area contributed by atoms with Gasteiger partial charge < -0.3 is 10.5 Å². The van der Waals surface area contributed by atoms with E-state index in [2.05, 4.69) is 4.98 Å². The van der Waals surface area contributed by atoms with Crippen LogP contribution in [0, 0.1) is 0 Å². The van der Waals surface area contributed by atoms with Crippen LogP contribution in [0.3, 0.4) is 0 Å². The van der Waals surface area contributed by atoms with Gasteiger partial charge in [-0.15, -0.1) is 0 Å². The summed E-state index contributed by atoms with van der Waals surface area (Å²) in [6.45, 7) is 2.15. The van der Waals surface area contributed by atoms with Crippen LogP contribution in [0.1, 0.15) is 6.92 Å². The zero-order valence-corrected chi connectivity index (χ0v) is 15.2. The molecule has 1 unspecified atom stereocenters. The maximum absolute atomic E-state index is 12.7. The highest BCUT2D eigenvalue weighted by atomic mass is 35.5. The molecule has 3 N–H and O–H groups in total. The third-order valence-corrected chi connectivity index (χ3v) is 4.62. The van der Waals surface area contributed by atoms with E-state index in [1.54, 1.807) is 25.1 Å². The van der Waals surface area contributed by atoms with Crippen LogP contribution in [-0.4, -0.2) is 40.5 Å². The number of urea groups is 1. The van der Waals surface area contributed by atoms with E-state index >= 15 is 0 Å². The molecule has 0 saturated carbocycles. The van der Waals surface area contributed by atoms with Gasteiger partial charge in [0.05, 0.1) is 29.3 Å². The van der Waals surface area contributed by atoms with Crippen molar-refractivity contribution >= 4 is 46.2 Å². The first-order chi connectivity index (χ1) is 11.8. The van der Waals surface area contributed by atoms with E-state index < -0.39 is 17.2 Å². The number of carbonyl (C=O) groups excluding carboxylic acids is 2. The molecule has 3 amide bonds. The number of fused-ring (bicyclic) bond motifs is 1. The minimum Gasteiger partial charge on any atom is -0.383 e. The number of nitrogens with zero attached hydrogens (tertiary/aromatic N) is 2. The molecule has 8 nitrogen and oxygen atoms in total. The van der Waals surface area contributed by atoms with E-state index in [-0.39, 0.29) is 12.1 Å². The first-order valence-electron chi connectivity index (χ1n) is 7.29. The van der Waals surface area contributed by atoms with Gasteiger partial charge in [-0.3, -0.25) is 19.5 Å². The molecule has 0 bridgehead atoms. The number of primary amides is 1. The van der Waals surface area contributed by atoms with Gasteiger partial charge in [0.1, 0.15) is 0 Å². The molecule has 25 heavy (non-hydrogen) atoms. The van der Waals surface area contributed by atoms with Crippen molar-refractivity contribution in [1.29, 1.82) is 0 Å². The third-order valence-electron chi connectivity index (χ3n) is 3.30. The minimum atomic E-state index is -0.938. The van der Waals surface area contributed by atoms with Crippen LogP contribution >= 0.6 is 23.4 Å². The van der Waals surface area contributed by atoms with Crippen molar-refractivity contribution in [3.05, 3.63) is 33.6 Å². The van der Waals surface area contributed by atoms with Crippen molar-refractivity contribution in [2.75, 3.05) is 13.7 Å². The summed E-state index contributed by atoms with van der Waals surface area (Å²) in [6.07, 6.45) is 0. The number of hydrogen-bond donors (Lipinski definition) is 2. The smallest absolute Gasteiger partial charge is 0.318 e. The van der Waals surface area contributed by atoms with E-state index in [1.807, 2.05) is 5.32 Å². The molecule has 2 aromatic rings. The number of rotatable bonds is 6. The van der Waals surface area contributed by atoms with Crippen LogP contribution in [0.15, 0.2) is 28.2 Å². The zero-order chi connectivity index (χ0) is 18.6. The molecule has 1 atom stereocenters. The molecule has 2 rings (SSSR count). The molecule has 0 aliphatic rings. The van der Waals surface area contributed by atoms with Crippen LogP contribution in [0.25, 0.3) is 10.9 Å². The standard InChI is InChI=1S/C15H17ClN4O4S/c1-8(12(21)19-14(17)23)25-15-18-11-7-9(16)3-4-10(11)13(22)20(15)5-6-24-2/h3-4,7-8H,5-6H2,1-2H3,(H3,17,19,21,23). The number of thioether (sulfide) groups is 1. The zero-order valence-electron chi connectivity index (χ0n) is 13.6. The van der Waals surface area contributed by atoms with E-state index in [0.29, 0.717) is 27.7 Å². The number of nitrogens with one attached hydrogen (secondary N) is 1. The molecule has 0 aliphatic heterocycles. The summed E-state index contributed by atoms with van der Waals surface area (Å²) in [5.41, 5.74) is 5.12. The van der Waals surface area contributed by atoms with E-state index in [0.717, 1.165) is 11.8 Å². The Bertz CT molecular complexity index is 870. The lowest BCUT2D eigenvalue weighted by molar-refractivity contribution is -0.119. The number of methoxy groups -OCH3 is 1. The molecule has 0 spiro atoms. The van der Waals surface area contributed by atoms with Crippen molar-refractivity contribution in [3.8, 4) is 0 Å². The normalized spacial score (nSPS) is 12.1. The second kappa shape index (κ2) is 8.32. The Morgan fingerprint density at radius 3 is 2.84 bits per heavy atom. The van der Waals surface area contributed by atoms with Gasteiger partial charge >= 0.3 is 6.03 Å². The average molecular weight is 385 g/mol. The van der Waals surface area contributed by atoms with Gasteiger partial charge in [0.15, 0.2) is 5.16 Å². The quantitative estimate of drug-likeness (QED) is 0.574. The Morgan fingerprint density at radius 2 is 2.20 bits per heavy atom. The first-order valence-corrected chi connectivity index (χ1v) is 8.55. The summed E-state index contributed by atoms with van der Waals surface area (Å²) >= 11 is 7.01. The van der Waals surface area contributed by atoms with Crippen molar-refractivity contribution in [2.45, 2.75) is 23.9 Å². The fraction of sp³-hybridized carbons (Fsp3) is 0.333. The van der Waals surface area contributed by atoms with Gasteiger partial charge in [-0.05, 0) is 25.1 Å². The van der Waals surface area contributed by atoms with Gasteiger partial charge in [-0.1, -0.05) is 23.4 Å². The highest BCUT2D eigenvalue weighted by Gasteiger charge is 2.20. The van der Waals surface area contributed by atoms with Gasteiger partial charge in [0.2, 0.25) is 5.91 Å². The van der Waals surface area contributed by atoms with Crippen molar-refractivity contribution in [2.24, 2.45) is 5.73 Å². The number of imide groups is 1. The average Bonchev–Trinajstić information content (AvgIpc) is 2.53. The number of nitrogens with two attached hydrogens (primary N) is 1. The number of benzene rings is 1. The largest absolute Gasteiger partial charge is 0.383 e. The number of halogens is 1. The molecule has 134 valence electrons. The Morgan fingerprint density at radius 1 is 1.48 bits per heavy atom. The third kappa shape index (κ3) is 4.71. The summed E-state index contributed by atoms with van der Waals surface area (Å²) in [6, 6.07) is 3.86. The van der Waals surface area contributed by atoms with Crippen molar-refractivity contribution in [1.82, 2.24) is 14.9 Å². The van der Waals surface area contributed by atoms with Crippen LogP contribution in [0.2, 0.25) is 5.02 Å². The number of carbonyl (C=O) groups is 2. The molecule has 1 aromatic heterocycles. The van der Waals surface area contributed by atoms with Crippen LogP contribution in [0.5, 0.6) is 0 Å². The Kier molecular flexibility index (Phi) is 6.40. The van der Waals surface area contributed by atoms with Gasteiger partial charge in [0, 0.05) is 12.1 Å². The maximum atomic E-state index is 12.7. The summed E-state index contributed by atoms with van der Waals surface area (Å²) in [4.78, 5) is 39.9. The van der Waals surface area contributed by atoms with E-state index in [1.165, 1.54) is 11.7 Å². The fourth-order valence-electron chi connectivity index (χ4n) is 2.08. The summed E-state index contributed by atoms with van der Waals surface area (Å²) in [5, 5.41) is 2.50. The Labute approximate surface area is 152 Å². The minimum absolute atomic E-state index is 0.260. The predicted molar refractivity (Wildman–Crippen MR) is 95.9 cm³/mol. The van der Waals surface area contributed by atoms with E-state index in [9.17, 15) is 14.4 Å². The molecule has 0 saturated heterocycles. The molecular formula is C15H17ClN4O4S. The van der Waals surface area contributed by atoms with Gasteiger partial charge in [-0.25, -0.2) is 9.78 Å². The van der Waals surface area contributed by atoms with Crippen LogP contribution < -0.4 is 16.6 Å². The monoisotopic (exact) mass is 384 g/mol. The number of aromatic nitrogens is 2. The van der Waals surface area contributed by atoms with Crippen molar-refractivity contribution in [3.63, 3.8) is 0 Å². The lowest BCUT2D eigenvalue weighted by atomic mass is 10.2. The second-order valence-electron chi connectivity index (χ2n) is 5.12. The lowest BCUT2D eigenvalue weighted by Gasteiger charge is -2.15. The molecular weight excluding hydrogens is 368 g/mol.